The molecule has 0 aliphatic heterocycles. The van der Waals surface area contributed by atoms with Crippen molar-refractivity contribution in [2.45, 2.75) is 432 Å². The van der Waals surface area contributed by atoms with Gasteiger partial charge < -0.3 is 33.8 Å². The van der Waals surface area contributed by atoms with Crippen molar-refractivity contribution < 1.29 is 80.2 Å². The molecule has 0 aromatic carbocycles. The fraction of sp³-hybridized carbons (Fsp3) is 0.949. The first-order valence-corrected chi connectivity index (χ1v) is 44.0. The van der Waals surface area contributed by atoms with Crippen molar-refractivity contribution in [1.82, 2.24) is 0 Å². The molecule has 2 unspecified atom stereocenters. The highest BCUT2D eigenvalue weighted by Crippen LogP contribution is 2.45. The van der Waals surface area contributed by atoms with Crippen LogP contribution in [0.5, 0.6) is 0 Å². The number of hydrogen-bond donors (Lipinski definition) is 3. The monoisotopic (exact) mass is 1440 g/mol. The van der Waals surface area contributed by atoms with Gasteiger partial charge >= 0.3 is 39.5 Å². The molecule has 0 fully saturated rings. The number of carbonyl (C=O) groups is 4. The minimum absolute atomic E-state index is 0.108. The van der Waals surface area contributed by atoms with E-state index in [1.165, 1.54) is 231 Å². The van der Waals surface area contributed by atoms with Gasteiger partial charge in [-0.15, -0.1) is 0 Å². The van der Waals surface area contributed by atoms with Gasteiger partial charge in [0.2, 0.25) is 0 Å². The van der Waals surface area contributed by atoms with Crippen molar-refractivity contribution in [1.29, 1.82) is 0 Å². The predicted molar refractivity (Wildman–Crippen MR) is 400 cm³/mol. The van der Waals surface area contributed by atoms with Gasteiger partial charge in [-0.05, 0) is 37.5 Å². The number of unbranched alkanes of at least 4 members (excludes halogenated alkanes) is 48. The van der Waals surface area contributed by atoms with E-state index in [2.05, 4.69) is 41.5 Å². The molecule has 0 amide bonds. The number of phosphoric ester groups is 2. The van der Waals surface area contributed by atoms with Crippen molar-refractivity contribution in [3.63, 3.8) is 0 Å². The van der Waals surface area contributed by atoms with E-state index in [4.69, 9.17) is 37.0 Å². The van der Waals surface area contributed by atoms with Crippen molar-refractivity contribution in [3.05, 3.63) is 0 Å². The van der Waals surface area contributed by atoms with Gasteiger partial charge in [0, 0.05) is 25.7 Å². The molecular formula is C79H154O17P2. The fourth-order valence-electron chi connectivity index (χ4n) is 12.2. The van der Waals surface area contributed by atoms with E-state index in [-0.39, 0.29) is 25.7 Å². The van der Waals surface area contributed by atoms with E-state index < -0.39 is 97.5 Å². The second-order valence-electron chi connectivity index (χ2n) is 29.4. The van der Waals surface area contributed by atoms with Gasteiger partial charge in [0.15, 0.2) is 12.2 Å². The minimum Gasteiger partial charge on any atom is -0.462 e. The molecule has 19 heteroatoms. The molecule has 3 N–H and O–H groups in total. The molecule has 0 aliphatic carbocycles. The molecule has 0 heterocycles. The Balaban J connectivity index is 5.26. The van der Waals surface area contributed by atoms with Gasteiger partial charge in [0.1, 0.15) is 19.3 Å². The molecule has 0 aromatic rings. The number of ether oxygens (including phenoxy) is 4. The Bertz CT molecular complexity index is 1890. The zero-order valence-electron chi connectivity index (χ0n) is 64.1. The van der Waals surface area contributed by atoms with Crippen LogP contribution < -0.4 is 0 Å². The van der Waals surface area contributed by atoms with Crippen LogP contribution in [0, 0.1) is 11.8 Å². The summed E-state index contributed by atoms with van der Waals surface area (Å²) < 4.78 is 68.7. The Hall–Kier alpha value is -1.94. The second-order valence-corrected chi connectivity index (χ2v) is 32.3. The highest BCUT2D eigenvalue weighted by molar-refractivity contribution is 7.47. The summed E-state index contributed by atoms with van der Waals surface area (Å²) in [6, 6.07) is 0. The fourth-order valence-corrected chi connectivity index (χ4v) is 13.8. The van der Waals surface area contributed by atoms with Crippen LogP contribution in [-0.2, 0) is 65.4 Å². The van der Waals surface area contributed by atoms with Crippen LogP contribution in [0.1, 0.15) is 414 Å². The maximum atomic E-state index is 13.1. The summed E-state index contributed by atoms with van der Waals surface area (Å²) in [5, 5.41) is 10.6. The van der Waals surface area contributed by atoms with E-state index >= 15 is 0 Å². The summed E-state index contributed by atoms with van der Waals surface area (Å²) in [6.45, 7) is 9.67. The number of esters is 4. The molecule has 5 atom stereocenters. The van der Waals surface area contributed by atoms with Gasteiger partial charge in [0.25, 0.3) is 0 Å². The molecule has 0 rings (SSSR count). The lowest BCUT2D eigenvalue weighted by atomic mass is 10.0. The zero-order chi connectivity index (χ0) is 72.1. The summed E-state index contributed by atoms with van der Waals surface area (Å²) in [6.07, 6.45) is 59.4. The molecule has 0 bridgehead atoms. The third-order valence-corrected chi connectivity index (χ3v) is 20.4. The standard InChI is InChI=1S/C79H154O17P2/c1-7-9-11-13-15-17-19-23-31-37-43-49-55-61-76(81)89-67-74(95-78(83)63-57-51-45-39-33-24-20-18-16-14-12-10-8-2)69-93-97(85,86)91-65-73(80)66-92-98(87,88)94-70-75(96-79(84)64-58-52-46-40-34-28-22-26-30-36-42-48-54-60-72(5)6)68-90-77(82)62-56-50-44-38-32-27-21-25-29-35-41-47-53-59-71(3)4/h71-75,80H,7-70H2,1-6H3,(H,85,86)(H,87,88)/t73-,74+,75+/m0/s1. The van der Waals surface area contributed by atoms with E-state index in [0.717, 1.165) is 102 Å². The number of aliphatic hydroxyl groups excluding tert-OH is 1. The van der Waals surface area contributed by atoms with Crippen molar-refractivity contribution in [3.8, 4) is 0 Å². The number of rotatable bonds is 78. The molecule has 17 nitrogen and oxygen atoms in total. The Morgan fingerprint density at radius 1 is 0.276 bits per heavy atom. The molecule has 0 aliphatic rings. The predicted octanol–water partition coefficient (Wildman–Crippen LogP) is 23.5. The van der Waals surface area contributed by atoms with E-state index in [1.807, 2.05) is 0 Å². The van der Waals surface area contributed by atoms with E-state index in [1.54, 1.807) is 0 Å². The molecule has 582 valence electrons. The van der Waals surface area contributed by atoms with Gasteiger partial charge in [0.05, 0.1) is 26.4 Å². The quantitative estimate of drug-likeness (QED) is 0.0222. The van der Waals surface area contributed by atoms with Gasteiger partial charge in [-0.2, -0.15) is 0 Å². The number of phosphoric acid groups is 2. The van der Waals surface area contributed by atoms with E-state index in [0.29, 0.717) is 25.7 Å². The summed E-state index contributed by atoms with van der Waals surface area (Å²) in [5.41, 5.74) is 0. The Morgan fingerprint density at radius 2 is 0.469 bits per heavy atom. The third kappa shape index (κ3) is 72.4. The number of aliphatic hydroxyl groups is 1. The summed E-state index contributed by atoms with van der Waals surface area (Å²) >= 11 is 0. The molecular weight excluding hydrogens is 1280 g/mol. The molecule has 0 spiro atoms. The average molecular weight is 1440 g/mol. The first-order valence-electron chi connectivity index (χ1n) is 41.0. The van der Waals surface area contributed by atoms with Crippen LogP contribution in [0.3, 0.4) is 0 Å². The normalized spacial score (nSPS) is 13.9. The topological polar surface area (TPSA) is 237 Å². The zero-order valence-corrected chi connectivity index (χ0v) is 65.9. The van der Waals surface area contributed by atoms with Crippen molar-refractivity contribution >= 4 is 39.5 Å². The van der Waals surface area contributed by atoms with Crippen LogP contribution in [0.4, 0.5) is 0 Å². The smallest absolute Gasteiger partial charge is 0.462 e. The molecule has 0 saturated heterocycles. The lowest BCUT2D eigenvalue weighted by Crippen LogP contribution is -2.30. The first kappa shape index (κ1) is 96.1. The van der Waals surface area contributed by atoms with Gasteiger partial charge in [-0.3, -0.25) is 37.3 Å². The Morgan fingerprint density at radius 3 is 0.694 bits per heavy atom. The first-order chi connectivity index (χ1) is 47.4. The molecule has 0 aromatic heterocycles. The van der Waals surface area contributed by atoms with Crippen LogP contribution >= 0.6 is 15.6 Å². The molecule has 0 saturated carbocycles. The third-order valence-electron chi connectivity index (χ3n) is 18.5. The maximum Gasteiger partial charge on any atom is 0.472 e. The summed E-state index contributed by atoms with van der Waals surface area (Å²) in [4.78, 5) is 73.0. The highest BCUT2D eigenvalue weighted by atomic mass is 31.2. The van der Waals surface area contributed by atoms with Crippen LogP contribution in [0.2, 0.25) is 0 Å². The van der Waals surface area contributed by atoms with E-state index in [9.17, 15) is 43.2 Å². The minimum atomic E-state index is -4.96. The van der Waals surface area contributed by atoms with Crippen molar-refractivity contribution in [2.24, 2.45) is 11.8 Å². The maximum absolute atomic E-state index is 13.1. The Labute approximate surface area is 600 Å². The summed E-state index contributed by atoms with van der Waals surface area (Å²) in [5.74, 6) is -0.530. The molecule has 0 radical (unpaired) electrons. The largest absolute Gasteiger partial charge is 0.472 e. The van der Waals surface area contributed by atoms with Gasteiger partial charge in [-0.25, -0.2) is 9.13 Å². The van der Waals surface area contributed by atoms with Crippen LogP contribution in [-0.4, -0.2) is 96.7 Å². The van der Waals surface area contributed by atoms with Crippen LogP contribution in [0.15, 0.2) is 0 Å². The number of carbonyl (C=O) groups excluding carboxylic acids is 4. The van der Waals surface area contributed by atoms with Gasteiger partial charge in [-0.1, -0.05) is 363 Å². The van der Waals surface area contributed by atoms with Crippen LogP contribution in [0.25, 0.3) is 0 Å². The highest BCUT2D eigenvalue weighted by Gasteiger charge is 2.30. The second kappa shape index (κ2) is 70.7. The SMILES string of the molecule is CCCCCCCCCCCCCCCC(=O)OC[C@H](COP(=O)(O)OC[C@H](O)COP(=O)(O)OC[C@@H](COC(=O)CCCCCCCCCCCCCCCC(C)C)OC(=O)CCCCCCCCCCCCCCCC(C)C)OC(=O)CCCCCCCCCCCCCCC. The number of hydrogen-bond acceptors (Lipinski definition) is 15. The Kier molecular flexibility index (Phi) is 69.3. The lowest BCUT2D eigenvalue weighted by molar-refractivity contribution is -0.161. The average Bonchev–Trinajstić information content (AvgIpc) is 1.04. The molecule has 98 heavy (non-hydrogen) atoms. The summed E-state index contributed by atoms with van der Waals surface area (Å²) in [7, 11) is -9.92. The van der Waals surface area contributed by atoms with Crippen molar-refractivity contribution in [2.75, 3.05) is 39.6 Å². The lowest BCUT2D eigenvalue weighted by Gasteiger charge is -2.21.